The number of aryl methyl sites for hydroxylation is 2. The number of rotatable bonds is 3. The lowest BCUT2D eigenvalue weighted by Gasteiger charge is -2.11. The zero-order valence-corrected chi connectivity index (χ0v) is 16.8. The summed E-state index contributed by atoms with van der Waals surface area (Å²) in [6.07, 6.45) is 4.20. The highest BCUT2D eigenvalue weighted by molar-refractivity contribution is 6.05. The number of aromatic nitrogens is 6. The molecule has 156 valence electrons. The molecule has 4 aromatic heterocycles. The molecule has 0 spiro atoms. The second-order valence-corrected chi connectivity index (χ2v) is 7.12. The Balaban J connectivity index is 1.91. The van der Waals surface area contributed by atoms with E-state index in [1.165, 1.54) is 6.20 Å². The quantitative estimate of drug-likeness (QED) is 0.482. The summed E-state index contributed by atoms with van der Waals surface area (Å²) in [6.45, 7) is 1.88. The number of hydrogen-bond donors (Lipinski definition) is 1. The Labute approximate surface area is 173 Å². The van der Waals surface area contributed by atoms with Crippen molar-refractivity contribution < 1.29 is 13.5 Å². The van der Waals surface area contributed by atoms with Gasteiger partial charge in [-0.3, -0.25) is 9.67 Å². The molecule has 0 amide bonds. The molecule has 1 aromatic carbocycles. The highest BCUT2D eigenvalue weighted by atomic mass is 19.1. The predicted octanol–water partition coefficient (Wildman–Crippen LogP) is 3.26. The lowest BCUT2D eigenvalue weighted by molar-refractivity contribution is 0.417. The van der Waals surface area contributed by atoms with Gasteiger partial charge in [0, 0.05) is 41.9 Å². The van der Waals surface area contributed by atoms with E-state index < -0.39 is 17.3 Å². The van der Waals surface area contributed by atoms with E-state index in [-0.39, 0.29) is 5.82 Å². The van der Waals surface area contributed by atoms with Gasteiger partial charge >= 0.3 is 5.69 Å². The van der Waals surface area contributed by atoms with Crippen molar-refractivity contribution in [2.45, 2.75) is 6.92 Å². The molecule has 5 rings (SSSR count). The number of imidazole rings is 1. The molecule has 10 heteroatoms. The summed E-state index contributed by atoms with van der Waals surface area (Å²) in [6, 6.07) is 4.25. The first kappa shape index (κ1) is 18.9. The minimum Gasteiger partial charge on any atom is -0.496 e. The molecule has 0 saturated carbocycles. The fourth-order valence-corrected chi connectivity index (χ4v) is 3.83. The zero-order chi connectivity index (χ0) is 21.9. The normalized spacial score (nSPS) is 11.5. The Morgan fingerprint density at radius 2 is 1.90 bits per heavy atom. The first-order valence-electron chi connectivity index (χ1n) is 9.31. The molecule has 0 aliphatic heterocycles. The molecule has 1 N–H and O–H groups in total. The number of methoxy groups -OCH3 is 1. The molecule has 8 nitrogen and oxygen atoms in total. The fourth-order valence-electron chi connectivity index (χ4n) is 3.83. The molecule has 0 atom stereocenters. The first-order valence-corrected chi connectivity index (χ1v) is 9.31. The zero-order valence-electron chi connectivity index (χ0n) is 16.8. The molecule has 0 radical (unpaired) electrons. The van der Waals surface area contributed by atoms with Gasteiger partial charge in [0.1, 0.15) is 11.6 Å². The molecular formula is C21H16F2N6O2. The Morgan fingerprint density at radius 3 is 2.58 bits per heavy atom. The number of nitrogens with zero attached hydrogens (tertiary/aromatic N) is 5. The highest BCUT2D eigenvalue weighted by Gasteiger charge is 2.20. The van der Waals surface area contributed by atoms with Crippen LogP contribution in [-0.4, -0.2) is 36.4 Å². The van der Waals surface area contributed by atoms with E-state index in [0.29, 0.717) is 33.8 Å². The van der Waals surface area contributed by atoms with Gasteiger partial charge in [-0.05, 0) is 13.0 Å². The summed E-state index contributed by atoms with van der Waals surface area (Å²) in [5.41, 5.74) is 3.05. The van der Waals surface area contributed by atoms with Crippen LogP contribution >= 0.6 is 0 Å². The van der Waals surface area contributed by atoms with Crippen LogP contribution < -0.4 is 10.4 Å². The van der Waals surface area contributed by atoms with Gasteiger partial charge in [0.2, 0.25) is 0 Å². The van der Waals surface area contributed by atoms with Crippen LogP contribution in [0, 0.1) is 18.6 Å². The third-order valence-corrected chi connectivity index (χ3v) is 5.13. The number of H-pyrrole nitrogens is 1. The Hall–Kier alpha value is -4.08. The van der Waals surface area contributed by atoms with E-state index in [1.54, 1.807) is 17.9 Å². The first-order chi connectivity index (χ1) is 14.9. The summed E-state index contributed by atoms with van der Waals surface area (Å²) in [7, 11) is 3.37. The molecule has 0 aliphatic carbocycles. The number of halogens is 2. The SMILES string of the molecule is COc1cc2ncc3[nH]c(=O)n(-c4ncc(F)cc4F)c3c2cc1-c1cn(C)nc1C. The third-order valence-electron chi connectivity index (χ3n) is 5.13. The molecule has 0 unspecified atom stereocenters. The summed E-state index contributed by atoms with van der Waals surface area (Å²) in [5, 5.41) is 4.95. The maximum absolute atomic E-state index is 14.5. The van der Waals surface area contributed by atoms with Crippen LogP contribution in [-0.2, 0) is 7.05 Å². The molecule has 5 aromatic rings. The van der Waals surface area contributed by atoms with Gasteiger partial charge in [-0.1, -0.05) is 0 Å². The second-order valence-electron chi connectivity index (χ2n) is 7.12. The number of nitrogens with one attached hydrogen (secondary N) is 1. The van der Waals surface area contributed by atoms with Gasteiger partial charge in [0.05, 0.1) is 41.7 Å². The van der Waals surface area contributed by atoms with Gasteiger partial charge in [-0.2, -0.15) is 5.10 Å². The van der Waals surface area contributed by atoms with Crippen LogP contribution in [0.4, 0.5) is 8.78 Å². The van der Waals surface area contributed by atoms with E-state index in [1.807, 2.05) is 26.2 Å². The van der Waals surface area contributed by atoms with Crippen molar-refractivity contribution in [1.29, 1.82) is 0 Å². The van der Waals surface area contributed by atoms with Crippen LogP contribution in [0.5, 0.6) is 5.75 Å². The number of benzene rings is 1. The average Bonchev–Trinajstić information content (AvgIpc) is 3.24. The van der Waals surface area contributed by atoms with Crippen molar-refractivity contribution in [3.8, 4) is 22.7 Å². The van der Waals surface area contributed by atoms with Crippen molar-refractivity contribution in [3.05, 3.63) is 64.6 Å². The Kier molecular flexibility index (Phi) is 4.10. The smallest absolute Gasteiger partial charge is 0.332 e. The van der Waals surface area contributed by atoms with Crippen LogP contribution in [0.3, 0.4) is 0 Å². The Morgan fingerprint density at radius 1 is 1.10 bits per heavy atom. The van der Waals surface area contributed by atoms with E-state index in [9.17, 15) is 13.6 Å². The third kappa shape index (κ3) is 2.87. The van der Waals surface area contributed by atoms with E-state index in [4.69, 9.17) is 4.74 Å². The maximum Gasteiger partial charge on any atom is 0.332 e. The molecule has 0 bridgehead atoms. The van der Waals surface area contributed by atoms with Crippen LogP contribution in [0.25, 0.3) is 38.9 Å². The van der Waals surface area contributed by atoms with Crippen LogP contribution in [0.15, 0.2) is 41.6 Å². The summed E-state index contributed by atoms with van der Waals surface area (Å²) < 4.78 is 36.3. The minimum atomic E-state index is -0.954. The number of aromatic amines is 1. The number of ether oxygens (including phenoxy) is 1. The molecule has 0 fully saturated rings. The highest BCUT2D eigenvalue weighted by Crippen LogP contribution is 2.37. The number of fused-ring (bicyclic) bond motifs is 3. The number of pyridine rings is 2. The summed E-state index contributed by atoms with van der Waals surface area (Å²) in [4.78, 5) is 23.6. The minimum absolute atomic E-state index is 0.305. The Bertz CT molecular complexity index is 1550. The van der Waals surface area contributed by atoms with Crippen molar-refractivity contribution in [3.63, 3.8) is 0 Å². The van der Waals surface area contributed by atoms with E-state index in [0.717, 1.165) is 27.6 Å². The largest absolute Gasteiger partial charge is 0.496 e. The molecule has 4 heterocycles. The average molecular weight is 422 g/mol. The monoisotopic (exact) mass is 422 g/mol. The van der Waals surface area contributed by atoms with Gasteiger partial charge < -0.3 is 9.72 Å². The lowest BCUT2D eigenvalue weighted by atomic mass is 10.0. The van der Waals surface area contributed by atoms with Crippen molar-refractivity contribution >= 4 is 21.9 Å². The summed E-state index contributed by atoms with van der Waals surface area (Å²) in [5.74, 6) is -1.52. The topological polar surface area (TPSA) is 90.6 Å². The number of hydrogen-bond acceptors (Lipinski definition) is 5. The molecule has 0 aliphatic rings. The van der Waals surface area contributed by atoms with E-state index >= 15 is 0 Å². The fraction of sp³-hybridized carbons (Fsp3) is 0.143. The second kappa shape index (κ2) is 6.73. The van der Waals surface area contributed by atoms with Gasteiger partial charge in [0.25, 0.3) is 0 Å². The van der Waals surface area contributed by atoms with Crippen molar-refractivity contribution in [1.82, 2.24) is 29.3 Å². The van der Waals surface area contributed by atoms with Gasteiger partial charge in [-0.15, -0.1) is 0 Å². The maximum atomic E-state index is 14.5. The van der Waals surface area contributed by atoms with Gasteiger partial charge in [-0.25, -0.2) is 23.1 Å². The van der Waals surface area contributed by atoms with Crippen LogP contribution in [0.1, 0.15) is 5.69 Å². The molecule has 0 saturated heterocycles. The van der Waals surface area contributed by atoms with E-state index in [2.05, 4.69) is 20.1 Å². The molecule has 31 heavy (non-hydrogen) atoms. The van der Waals surface area contributed by atoms with Crippen molar-refractivity contribution in [2.24, 2.45) is 7.05 Å². The lowest BCUT2D eigenvalue weighted by Crippen LogP contribution is -2.17. The predicted molar refractivity (Wildman–Crippen MR) is 110 cm³/mol. The van der Waals surface area contributed by atoms with Crippen LogP contribution in [0.2, 0.25) is 0 Å². The van der Waals surface area contributed by atoms with Crippen molar-refractivity contribution in [2.75, 3.05) is 7.11 Å². The molecular weight excluding hydrogens is 406 g/mol. The van der Waals surface area contributed by atoms with Gasteiger partial charge in [0.15, 0.2) is 11.6 Å². The standard InChI is InChI=1S/C21H16F2N6O2/c1-10-14(9-28(2)27-10)12-5-13-16(6-18(12)31-3)24-8-17-19(13)29(21(30)26-17)20-15(23)4-11(22)7-25-20/h4-9H,1-3H3,(H,26,30). The summed E-state index contributed by atoms with van der Waals surface area (Å²) >= 11 is 0.